The molecule has 0 aliphatic carbocycles. The number of aromatic nitrogens is 1. The van der Waals surface area contributed by atoms with E-state index in [-0.39, 0.29) is 11.6 Å². The van der Waals surface area contributed by atoms with Gasteiger partial charge in [0, 0.05) is 47.7 Å². The molecule has 3 aromatic rings. The first-order valence-corrected chi connectivity index (χ1v) is 10.3. The van der Waals surface area contributed by atoms with Crippen LogP contribution in [0.4, 0.5) is 5.88 Å². The summed E-state index contributed by atoms with van der Waals surface area (Å²) < 4.78 is 5.83. The Hall–Kier alpha value is -3.08. The van der Waals surface area contributed by atoms with Crippen molar-refractivity contribution in [3.8, 4) is 6.07 Å². The van der Waals surface area contributed by atoms with Gasteiger partial charge in [-0.05, 0) is 41.8 Å². The molecule has 1 amide bonds. The van der Waals surface area contributed by atoms with Crippen molar-refractivity contribution in [1.29, 1.82) is 5.26 Å². The normalized spacial score (nSPS) is 14.3. The van der Waals surface area contributed by atoms with Gasteiger partial charge in [-0.15, -0.1) is 11.3 Å². The summed E-state index contributed by atoms with van der Waals surface area (Å²) in [6.07, 6.45) is 3.67. The maximum absolute atomic E-state index is 12.6. The van der Waals surface area contributed by atoms with Gasteiger partial charge in [0.25, 0.3) is 5.91 Å². The Balaban J connectivity index is 1.43. The number of nitriles is 1. The number of anilines is 1. The number of rotatable bonds is 4. The SMILES string of the molecule is N#Cc1nc(C=Cc2cccs2)oc1N1CCN(C(=O)c2ccc(Cl)cc2)CC1. The van der Waals surface area contributed by atoms with E-state index in [2.05, 4.69) is 11.1 Å². The number of oxazole rings is 1. The number of nitrogens with zero attached hydrogens (tertiary/aromatic N) is 4. The van der Waals surface area contributed by atoms with E-state index in [4.69, 9.17) is 16.0 Å². The van der Waals surface area contributed by atoms with Gasteiger partial charge in [-0.2, -0.15) is 10.2 Å². The summed E-state index contributed by atoms with van der Waals surface area (Å²) >= 11 is 7.50. The third kappa shape index (κ3) is 4.34. The maximum Gasteiger partial charge on any atom is 0.253 e. The number of carbonyl (C=O) groups is 1. The van der Waals surface area contributed by atoms with E-state index in [1.165, 1.54) is 0 Å². The minimum absolute atomic E-state index is 0.0287. The molecule has 1 saturated heterocycles. The van der Waals surface area contributed by atoms with Crippen molar-refractivity contribution in [3.05, 3.63) is 68.8 Å². The predicted molar refractivity (Wildman–Crippen MR) is 114 cm³/mol. The third-order valence-corrected chi connectivity index (χ3v) is 5.70. The highest BCUT2D eigenvalue weighted by Gasteiger charge is 2.26. The lowest BCUT2D eigenvalue weighted by atomic mass is 10.2. The number of halogens is 1. The molecule has 2 aromatic heterocycles. The Labute approximate surface area is 177 Å². The average Bonchev–Trinajstić information content (AvgIpc) is 3.42. The fourth-order valence-electron chi connectivity index (χ4n) is 3.11. The molecule has 1 aromatic carbocycles. The van der Waals surface area contributed by atoms with E-state index in [0.29, 0.717) is 48.5 Å². The molecular formula is C21H17ClN4O2S. The van der Waals surface area contributed by atoms with E-state index in [1.54, 1.807) is 46.6 Å². The average molecular weight is 425 g/mol. The smallest absolute Gasteiger partial charge is 0.253 e. The van der Waals surface area contributed by atoms with Crippen LogP contribution >= 0.6 is 22.9 Å². The summed E-state index contributed by atoms with van der Waals surface area (Å²) in [6, 6.07) is 12.9. The first-order valence-electron chi connectivity index (χ1n) is 9.06. The van der Waals surface area contributed by atoms with Gasteiger partial charge in [-0.3, -0.25) is 4.79 Å². The zero-order valence-electron chi connectivity index (χ0n) is 15.4. The lowest BCUT2D eigenvalue weighted by Gasteiger charge is -2.34. The van der Waals surface area contributed by atoms with Crippen molar-refractivity contribution in [2.45, 2.75) is 0 Å². The van der Waals surface area contributed by atoms with Crippen LogP contribution in [0.25, 0.3) is 12.2 Å². The molecule has 0 unspecified atom stereocenters. The quantitative estimate of drug-likeness (QED) is 0.620. The highest BCUT2D eigenvalue weighted by Crippen LogP contribution is 2.25. The van der Waals surface area contributed by atoms with Crippen molar-refractivity contribution in [3.63, 3.8) is 0 Å². The van der Waals surface area contributed by atoms with Gasteiger partial charge in [-0.25, -0.2) is 0 Å². The van der Waals surface area contributed by atoms with E-state index >= 15 is 0 Å². The Kier molecular flexibility index (Phi) is 5.65. The van der Waals surface area contributed by atoms with Crippen LogP contribution in [0.2, 0.25) is 5.02 Å². The van der Waals surface area contributed by atoms with E-state index in [1.807, 2.05) is 28.5 Å². The molecule has 1 aliphatic heterocycles. The Bertz CT molecular complexity index is 1060. The van der Waals surface area contributed by atoms with Gasteiger partial charge in [0.15, 0.2) is 0 Å². The molecule has 3 heterocycles. The highest BCUT2D eigenvalue weighted by molar-refractivity contribution is 7.10. The Morgan fingerprint density at radius 1 is 1.17 bits per heavy atom. The zero-order valence-corrected chi connectivity index (χ0v) is 17.0. The van der Waals surface area contributed by atoms with Crippen LogP contribution in [-0.2, 0) is 0 Å². The fraction of sp³-hybridized carbons (Fsp3) is 0.190. The summed E-state index contributed by atoms with van der Waals surface area (Å²) in [5.74, 6) is 0.820. The molecule has 0 N–H and O–H groups in total. The lowest BCUT2D eigenvalue weighted by molar-refractivity contribution is 0.0745. The van der Waals surface area contributed by atoms with E-state index in [9.17, 15) is 10.1 Å². The minimum atomic E-state index is -0.0287. The predicted octanol–water partition coefficient (Wildman–Crippen LogP) is 4.39. The number of benzene rings is 1. The van der Waals surface area contributed by atoms with Crippen LogP contribution in [-0.4, -0.2) is 42.0 Å². The van der Waals surface area contributed by atoms with Crippen molar-refractivity contribution >= 4 is 46.9 Å². The summed E-state index contributed by atoms with van der Waals surface area (Å²) in [7, 11) is 0. The van der Waals surface area contributed by atoms with E-state index in [0.717, 1.165) is 4.88 Å². The second-order valence-electron chi connectivity index (χ2n) is 6.45. The maximum atomic E-state index is 12.6. The zero-order chi connectivity index (χ0) is 20.2. The van der Waals surface area contributed by atoms with Crippen LogP contribution in [0.3, 0.4) is 0 Å². The monoisotopic (exact) mass is 424 g/mol. The van der Waals surface area contributed by atoms with Crippen LogP contribution < -0.4 is 4.90 Å². The number of amides is 1. The Morgan fingerprint density at radius 2 is 1.93 bits per heavy atom. The molecule has 4 rings (SSSR count). The third-order valence-electron chi connectivity index (χ3n) is 4.61. The van der Waals surface area contributed by atoms with Crippen LogP contribution in [0.15, 0.2) is 46.2 Å². The molecule has 0 spiro atoms. The molecule has 6 nitrogen and oxygen atoms in total. The lowest BCUT2D eigenvalue weighted by Crippen LogP contribution is -2.48. The number of carbonyl (C=O) groups excluding carboxylic acids is 1. The molecule has 0 saturated carbocycles. The van der Waals surface area contributed by atoms with Gasteiger partial charge >= 0.3 is 0 Å². The van der Waals surface area contributed by atoms with Crippen LogP contribution in [0.5, 0.6) is 0 Å². The van der Waals surface area contributed by atoms with Gasteiger partial charge in [-0.1, -0.05) is 17.7 Å². The van der Waals surface area contributed by atoms with Gasteiger partial charge in [0.1, 0.15) is 6.07 Å². The van der Waals surface area contributed by atoms with Crippen molar-refractivity contribution in [2.24, 2.45) is 0 Å². The molecular weight excluding hydrogens is 408 g/mol. The summed E-state index contributed by atoms with van der Waals surface area (Å²) in [5.41, 5.74) is 0.870. The molecule has 0 radical (unpaired) electrons. The first kappa shape index (κ1) is 19.2. The number of piperazine rings is 1. The number of thiophene rings is 1. The second-order valence-corrected chi connectivity index (χ2v) is 7.87. The number of hydrogen-bond acceptors (Lipinski definition) is 6. The summed E-state index contributed by atoms with van der Waals surface area (Å²) in [5, 5.41) is 12.0. The van der Waals surface area contributed by atoms with Gasteiger partial charge in [0.2, 0.25) is 17.5 Å². The van der Waals surface area contributed by atoms with Crippen molar-refractivity contribution in [1.82, 2.24) is 9.88 Å². The topological polar surface area (TPSA) is 73.4 Å². The summed E-state index contributed by atoms with van der Waals surface area (Å²) in [6.45, 7) is 2.20. The highest BCUT2D eigenvalue weighted by atomic mass is 35.5. The fourth-order valence-corrected chi connectivity index (χ4v) is 3.86. The minimum Gasteiger partial charge on any atom is -0.420 e. The number of hydrogen-bond donors (Lipinski definition) is 0. The molecule has 0 atom stereocenters. The first-order chi connectivity index (χ1) is 14.1. The largest absolute Gasteiger partial charge is 0.420 e. The van der Waals surface area contributed by atoms with Crippen LogP contribution in [0, 0.1) is 11.3 Å². The van der Waals surface area contributed by atoms with Crippen LogP contribution in [0.1, 0.15) is 26.8 Å². The molecule has 1 aliphatic rings. The molecule has 146 valence electrons. The van der Waals surface area contributed by atoms with Crippen molar-refractivity contribution in [2.75, 3.05) is 31.1 Å². The van der Waals surface area contributed by atoms with Gasteiger partial charge in [0.05, 0.1) is 0 Å². The molecule has 1 fully saturated rings. The second kappa shape index (κ2) is 8.52. The molecule has 0 bridgehead atoms. The van der Waals surface area contributed by atoms with Crippen molar-refractivity contribution < 1.29 is 9.21 Å². The van der Waals surface area contributed by atoms with Gasteiger partial charge < -0.3 is 14.2 Å². The van der Waals surface area contributed by atoms with E-state index < -0.39 is 0 Å². The molecule has 29 heavy (non-hydrogen) atoms. The standard InChI is InChI=1S/C21H17ClN4O2S/c22-16-5-3-15(4-6-16)20(27)25-9-11-26(12-10-25)21-18(14-23)24-19(28-21)8-7-17-2-1-13-29-17/h1-8,13H,9-12H2. The molecule has 8 heteroatoms. The summed E-state index contributed by atoms with van der Waals surface area (Å²) in [4.78, 5) is 21.7. The Morgan fingerprint density at radius 3 is 2.59 bits per heavy atom.